The van der Waals surface area contributed by atoms with Gasteiger partial charge in [-0.2, -0.15) is 0 Å². The van der Waals surface area contributed by atoms with E-state index in [1.807, 2.05) is 30.3 Å². The Bertz CT molecular complexity index is 1310. The molecule has 2 heterocycles. The van der Waals surface area contributed by atoms with Gasteiger partial charge in [-0.05, 0) is 65.9 Å². The van der Waals surface area contributed by atoms with Gasteiger partial charge in [0.25, 0.3) is 0 Å². The molecular weight excluding hydrogens is 466 g/mol. The standard InChI is InChI=1S/C30H35N3O4/c1-22-26(7-3-8-28(22)36-16-4-12-33-13-17-35-18-14-33)24-9-10-27-29(20-24)37-30(32-27)25-6-2-5-23(19-25)21-31-11-15-34/h2-3,5-10,19-20,31,34H,4,11-18,21H2,1H3. The Kier molecular flexibility index (Phi) is 8.48. The minimum atomic E-state index is 0.122. The van der Waals surface area contributed by atoms with Crippen molar-refractivity contribution in [1.29, 1.82) is 0 Å². The Labute approximate surface area is 218 Å². The average Bonchev–Trinajstić information content (AvgIpc) is 3.37. The van der Waals surface area contributed by atoms with Crippen molar-refractivity contribution in [3.8, 4) is 28.3 Å². The quantitative estimate of drug-likeness (QED) is 0.290. The summed E-state index contributed by atoms with van der Waals surface area (Å²) >= 11 is 0. The fourth-order valence-electron chi connectivity index (χ4n) is 4.72. The number of oxazole rings is 1. The van der Waals surface area contributed by atoms with E-state index in [-0.39, 0.29) is 6.61 Å². The van der Waals surface area contributed by atoms with Crippen LogP contribution in [0.4, 0.5) is 0 Å². The fraction of sp³-hybridized carbons (Fsp3) is 0.367. The molecule has 0 atom stereocenters. The number of nitrogens with zero attached hydrogens (tertiary/aromatic N) is 2. The molecule has 0 amide bonds. The second-order valence-electron chi connectivity index (χ2n) is 9.39. The van der Waals surface area contributed by atoms with Crippen LogP contribution in [0.15, 0.2) is 65.1 Å². The van der Waals surface area contributed by atoms with E-state index in [1.165, 1.54) is 0 Å². The highest BCUT2D eigenvalue weighted by atomic mass is 16.5. The summed E-state index contributed by atoms with van der Waals surface area (Å²) in [6.07, 6.45) is 0.995. The van der Waals surface area contributed by atoms with Crippen LogP contribution in [0.2, 0.25) is 0 Å². The van der Waals surface area contributed by atoms with Crippen LogP contribution in [-0.4, -0.2) is 67.6 Å². The van der Waals surface area contributed by atoms with Crippen LogP contribution in [0.25, 0.3) is 33.7 Å². The maximum atomic E-state index is 8.99. The van der Waals surface area contributed by atoms with Gasteiger partial charge in [0.2, 0.25) is 5.89 Å². The predicted molar refractivity (Wildman–Crippen MR) is 146 cm³/mol. The lowest BCUT2D eigenvalue weighted by Gasteiger charge is -2.26. The minimum absolute atomic E-state index is 0.122. The maximum Gasteiger partial charge on any atom is 0.227 e. The SMILES string of the molecule is Cc1c(OCCCN2CCOCC2)cccc1-c1ccc2nc(-c3cccc(CNCCO)c3)oc2c1. The molecule has 2 N–H and O–H groups in total. The number of aliphatic hydroxyl groups excluding tert-OH is 1. The Morgan fingerprint density at radius 1 is 1.03 bits per heavy atom. The monoisotopic (exact) mass is 501 g/mol. The van der Waals surface area contributed by atoms with E-state index in [9.17, 15) is 0 Å². The largest absolute Gasteiger partial charge is 0.493 e. The zero-order chi connectivity index (χ0) is 25.5. The topological polar surface area (TPSA) is 80.0 Å². The predicted octanol–water partition coefficient (Wildman–Crippen LogP) is 4.65. The van der Waals surface area contributed by atoms with Gasteiger partial charge in [-0.3, -0.25) is 4.90 Å². The maximum absolute atomic E-state index is 8.99. The van der Waals surface area contributed by atoms with Crippen molar-refractivity contribution < 1.29 is 19.0 Å². The van der Waals surface area contributed by atoms with Gasteiger partial charge in [-0.15, -0.1) is 0 Å². The summed E-state index contributed by atoms with van der Waals surface area (Å²) in [5.41, 5.74) is 6.96. The lowest BCUT2D eigenvalue weighted by molar-refractivity contribution is 0.0358. The molecule has 5 rings (SSSR count). The minimum Gasteiger partial charge on any atom is -0.493 e. The van der Waals surface area contributed by atoms with Crippen LogP contribution in [-0.2, 0) is 11.3 Å². The number of aromatic nitrogens is 1. The van der Waals surface area contributed by atoms with Crippen molar-refractivity contribution in [3.63, 3.8) is 0 Å². The Morgan fingerprint density at radius 2 is 1.89 bits per heavy atom. The normalized spacial score (nSPS) is 14.3. The number of hydrogen-bond acceptors (Lipinski definition) is 7. The van der Waals surface area contributed by atoms with Gasteiger partial charge in [-0.25, -0.2) is 4.98 Å². The van der Waals surface area contributed by atoms with Crippen molar-refractivity contribution in [1.82, 2.24) is 15.2 Å². The average molecular weight is 502 g/mol. The van der Waals surface area contributed by atoms with Gasteiger partial charge in [-0.1, -0.05) is 30.3 Å². The molecule has 3 aromatic carbocycles. The second-order valence-corrected chi connectivity index (χ2v) is 9.39. The van der Waals surface area contributed by atoms with E-state index >= 15 is 0 Å². The lowest BCUT2D eigenvalue weighted by Crippen LogP contribution is -2.37. The first kappa shape index (κ1) is 25.4. The van der Waals surface area contributed by atoms with E-state index in [0.717, 1.165) is 83.9 Å². The van der Waals surface area contributed by atoms with Crippen LogP contribution in [0.1, 0.15) is 17.5 Å². The lowest BCUT2D eigenvalue weighted by atomic mass is 9.99. The Morgan fingerprint density at radius 3 is 2.76 bits per heavy atom. The van der Waals surface area contributed by atoms with Gasteiger partial charge in [0.05, 0.1) is 26.4 Å². The molecule has 1 aromatic heterocycles. The van der Waals surface area contributed by atoms with Crippen molar-refractivity contribution in [2.45, 2.75) is 19.9 Å². The molecule has 0 spiro atoms. The van der Waals surface area contributed by atoms with Crippen LogP contribution >= 0.6 is 0 Å². The van der Waals surface area contributed by atoms with Crippen LogP contribution in [0.5, 0.6) is 5.75 Å². The third-order valence-corrected chi connectivity index (χ3v) is 6.76. The first-order chi connectivity index (χ1) is 18.2. The summed E-state index contributed by atoms with van der Waals surface area (Å²) in [5.74, 6) is 1.52. The van der Waals surface area contributed by atoms with Gasteiger partial charge in [0.15, 0.2) is 5.58 Å². The van der Waals surface area contributed by atoms with Gasteiger partial charge in [0.1, 0.15) is 11.3 Å². The molecule has 0 radical (unpaired) electrons. The summed E-state index contributed by atoms with van der Waals surface area (Å²) in [4.78, 5) is 7.15. The number of morpholine rings is 1. The molecule has 1 aliphatic rings. The fourth-order valence-corrected chi connectivity index (χ4v) is 4.72. The van der Waals surface area contributed by atoms with E-state index in [0.29, 0.717) is 25.6 Å². The second kappa shape index (κ2) is 12.3. The van der Waals surface area contributed by atoms with E-state index in [2.05, 4.69) is 47.5 Å². The number of ether oxygens (including phenoxy) is 2. The first-order valence-electron chi connectivity index (χ1n) is 13.1. The summed E-state index contributed by atoms with van der Waals surface area (Å²) in [6.45, 7) is 8.88. The molecule has 194 valence electrons. The summed E-state index contributed by atoms with van der Waals surface area (Å²) < 4.78 is 17.8. The zero-order valence-electron chi connectivity index (χ0n) is 21.4. The van der Waals surface area contributed by atoms with Crippen molar-refractivity contribution in [3.05, 3.63) is 71.8 Å². The number of benzene rings is 3. The summed E-state index contributed by atoms with van der Waals surface area (Å²) in [6, 6.07) is 20.5. The van der Waals surface area contributed by atoms with Gasteiger partial charge in [0, 0.05) is 38.3 Å². The van der Waals surface area contributed by atoms with Crippen LogP contribution in [0, 0.1) is 6.92 Å². The number of fused-ring (bicyclic) bond motifs is 1. The van der Waals surface area contributed by atoms with Crippen LogP contribution < -0.4 is 10.1 Å². The molecule has 0 saturated carbocycles. The Hall–Kier alpha value is -3.23. The molecule has 7 nitrogen and oxygen atoms in total. The van der Waals surface area contributed by atoms with Crippen LogP contribution in [0.3, 0.4) is 0 Å². The number of nitrogens with one attached hydrogen (secondary N) is 1. The highest BCUT2D eigenvalue weighted by molar-refractivity contribution is 5.83. The molecule has 1 aliphatic heterocycles. The molecule has 0 bridgehead atoms. The molecule has 7 heteroatoms. The molecular formula is C30H35N3O4. The van der Waals surface area contributed by atoms with E-state index in [4.69, 9.17) is 24.0 Å². The number of rotatable bonds is 11. The third-order valence-electron chi connectivity index (χ3n) is 6.76. The van der Waals surface area contributed by atoms with E-state index in [1.54, 1.807) is 0 Å². The summed E-state index contributed by atoms with van der Waals surface area (Å²) in [5, 5.41) is 12.2. The Balaban J connectivity index is 1.28. The molecule has 0 unspecified atom stereocenters. The third kappa shape index (κ3) is 6.37. The highest BCUT2D eigenvalue weighted by Gasteiger charge is 2.13. The van der Waals surface area contributed by atoms with Gasteiger partial charge >= 0.3 is 0 Å². The van der Waals surface area contributed by atoms with Crippen molar-refractivity contribution in [2.24, 2.45) is 0 Å². The smallest absolute Gasteiger partial charge is 0.227 e. The van der Waals surface area contributed by atoms with Crippen molar-refractivity contribution in [2.75, 3.05) is 52.6 Å². The molecule has 0 aliphatic carbocycles. The molecule has 4 aromatic rings. The molecule has 1 saturated heterocycles. The highest BCUT2D eigenvalue weighted by Crippen LogP contribution is 2.33. The van der Waals surface area contributed by atoms with Gasteiger partial charge < -0.3 is 24.3 Å². The van der Waals surface area contributed by atoms with Crippen molar-refractivity contribution >= 4 is 11.1 Å². The van der Waals surface area contributed by atoms with E-state index < -0.39 is 0 Å². The zero-order valence-corrected chi connectivity index (χ0v) is 21.4. The first-order valence-corrected chi connectivity index (χ1v) is 13.1. The number of aliphatic hydroxyl groups is 1. The molecule has 37 heavy (non-hydrogen) atoms. The number of hydrogen-bond donors (Lipinski definition) is 2. The molecule has 1 fully saturated rings. The summed E-state index contributed by atoms with van der Waals surface area (Å²) in [7, 11) is 0.